The van der Waals surface area contributed by atoms with Gasteiger partial charge in [-0.2, -0.15) is 0 Å². The summed E-state index contributed by atoms with van der Waals surface area (Å²) in [6.07, 6.45) is 0.872. The Hall–Kier alpha value is -2.42. The van der Waals surface area contributed by atoms with E-state index < -0.39 is 10.0 Å². The summed E-state index contributed by atoms with van der Waals surface area (Å²) < 4.78 is 31.7. The molecule has 8 heteroatoms. The van der Waals surface area contributed by atoms with Crippen molar-refractivity contribution < 1.29 is 17.9 Å². The van der Waals surface area contributed by atoms with Gasteiger partial charge in [0.25, 0.3) is 5.91 Å². The van der Waals surface area contributed by atoms with Gasteiger partial charge in [-0.25, -0.2) is 12.7 Å². The number of amides is 1. The number of nitrogens with zero attached hydrogens (tertiary/aromatic N) is 3. The summed E-state index contributed by atoms with van der Waals surface area (Å²) in [4.78, 5) is 17.4. The zero-order chi connectivity index (χ0) is 22.6. The highest BCUT2D eigenvalue weighted by molar-refractivity contribution is 7.89. The molecule has 2 aromatic rings. The number of carbonyl (C=O) groups excluding carboxylic acids is 1. The van der Waals surface area contributed by atoms with E-state index in [0.717, 1.165) is 30.4 Å². The lowest BCUT2D eigenvalue weighted by Gasteiger charge is -2.23. The van der Waals surface area contributed by atoms with Gasteiger partial charge in [0.1, 0.15) is 10.6 Å². The third-order valence-electron chi connectivity index (χ3n) is 5.70. The van der Waals surface area contributed by atoms with Crippen LogP contribution in [-0.2, 0) is 16.6 Å². The molecule has 7 nitrogen and oxygen atoms in total. The Morgan fingerprint density at radius 1 is 1.06 bits per heavy atom. The van der Waals surface area contributed by atoms with Crippen LogP contribution in [0.3, 0.4) is 0 Å². The van der Waals surface area contributed by atoms with Crippen molar-refractivity contribution >= 4 is 15.9 Å². The minimum atomic E-state index is -3.73. The van der Waals surface area contributed by atoms with Crippen LogP contribution in [0.4, 0.5) is 0 Å². The molecule has 31 heavy (non-hydrogen) atoms. The van der Waals surface area contributed by atoms with E-state index in [9.17, 15) is 13.2 Å². The molecule has 168 valence electrons. The topological polar surface area (TPSA) is 70.2 Å². The van der Waals surface area contributed by atoms with Gasteiger partial charge in [0.2, 0.25) is 10.0 Å². The molecule has 0 aliphatic carbocycles. The van der Waals surface area contributed by atoms with Gasteiger partial charge in [0.05, 0.1) is 7.11 Å². The molecule has 0 bridgehead atoms. The van der Waals surface area contributed by atoms with Crippen LogP contribution in [0.1, 0.15) is 27.9 Å². The van der Waals surface area contributed by atoms with Crippen LogP contribution in [0.15, 0.2) is 47.4 Å². The summed E-state index contributed by atoms with van der Waals surface area (Å²) in [6, 6.07) is 13.0. The van der Waals surface area contributed by atoms with E-state index in [2.05, 4.69) is 30.0 Å². The average molecular weight is 446 g/mol. The SMILES string of the molecule is COc1ccc(C(=O)N2CCCN(Cc3ccccc3C)CC2)cc1S(=O)(=O)N(C)C. The first-order chi connectivity index (χ1) is 14.7. The second-order valence-electron chi connectivity index (χ2n) is 8.00. The highest BCUT2D eigenvalue weighted by Crippen LogP contribution is 2.27. The number of rotatable bonds is 6. The Labute approximate surface area is 185 Å². The Morgan fingerprint density at radius 2 is 1.81 bits per heavy atom. The third kappa shape index (κ3) is 5.26. The van der Waals surface area contributed by atoms with E-state index in [1.54, 1.807) is 12.1 Å². The van der Waals surface area contributed by atoms with Crippen LogP contribution in [0.25, 0.3) is 0 Å². The van der Waals surface area contributed by atoms with Crippen molar-refractivity contribution in [2.45, 2.75) is 24.8 Å². The van der Waals surface area contributed by atoms with Gasteiger partial charge in [-0.3, -0.25) is 9.69 Å². The molecule has 1 aliphatic rings. The molecule has 1 fully saturated rings. The van der Waals surface area contributed by atoms with E-state index in [-0.39, 0.29) is 16.6 Å². The summed E-state index contributed by atoms with van der Waals surface area (Å²) in [6.45, 7) is 5.92. The molecule has 3 rings (SSSR count). The van der Waals surface area contributed by atoms with E-state index in [0.29, 0.717) is 18.7 Å². The molecule has 1 aliphatic heterocycles. The molecule has 2 aromatic carbocycles. The second-order valence-corrected chi connectivity index (χ2v) is 10.1. The van der Waals surface area contributed by atoms with Crippen LogP contribution in [0.2, 0.25) is 0 Å². The summed E-state index contributed by atoms with van der Waals surface area (Å²) >= 11 is 0. The zero-order valence-electron chi connectivity index (χ0n) is 18.7. The fourth-order valence-corrected chi connectivity index (χ4v) is 4.83. The number of sulfonamides is 1. The number of benzene rings is 2. The van der Waals surface area contributed by atoms with Gasteiger partial charge >= 0.3 is 0 Å². The third-order valence-corrected chi connectivity index (χ3v) is 7.54. The Morgan fingerprint density at radius 3 is 2.48 bits per heavy atom. The lowest BCUT2D eigenvalue weighted by Crippen LogP contribution is -2.35. The smallest absolute Gasteiger partial charge is 0.253 e. The van der Waals surface area contributed by atoms with Gasteiger partial charge in [-0.15, -0.1) is 0 Å². The summed E-state index contributed by atoms with van der Waals surface area (Å²) in [5.74, 6) is 0.0705. The first kappa shape index (κ1) is 23.2. The molecule has 0 spiro atoms. The number of carbonyl (C=O) groups is 1. The van der Waals surface area contributed by atoms with E-state index in [1.165, 1.54) is 38.4 Å². The Kier molecular flexibility index (Phi) is 7.35. The second kappa shape index (κ2) is 9.80. The predicted molar refractivity (Wildman–Crippen MR) is 121 cm³/mol. The minimum Gasteiger partial charge on any atom is -0.495 e. The van der Waals surface area contributed by atoms with Crippen LogP contribution >= 0.6 is 0 Å². The highest BCUT2D eigenvalue weighted by atomic mass is 32.2. The lowest BCUT2D eigenvalue weighted by atomic mass is 10.1. The van der Waals surface area contributed by atoms with Crippen LogP contribution in [0.5, 0.6) is 5.75 Å². The Bertz CT molecular complexity index is 1040. The number of ether oxygens (including phenoxy) is 1. The van der Waals surface area contributed by atoms with Crippen molar-refractivity contribution in [3.8, 4) is 5.75 Å². The van der Waals surface area contributed by atoms with E-state index in [4.69, 9.17) is 4.74 Å². The molecule has 0 radical (unpaired) electrons. The van der Waals surface area contributed by atoms with Crippen molar-refractivity contribution in [1.82, 2.24) is 14.1 Å². The summed E-state index contributed by atoms with van der Waals surface area (Å²) in [5.41, 5.74) is 2.93. The van der Waals surface area contributed by atoms with Gasteiger partial charge in [0, 0.05) is 52.4 Å². The molecule has 1 heterocycles. The van der Waals surface area contributed by atoms with Crippen molar-refractivity contribution in [2.24, 2.45) is 0 Å². The van der Waals surface area contributed by atoms with Crippen molar-refractivity contribution in [3.05, 3.63) is 59.2 Å². The van der Waals surface area contributed by atoms with Crippen molar-refractivity contribution in [2.75, 3.05) is 47.4 Å². The number of aryl methyl sites for hydroxylation is 1. The number of methoxy groups -OCH3 is 1. The maximum Gasteiger partial charge on any atom is 0.253 e. The molecule has 1 amide bonds. The Balaban J connectivity index is 1.75. The van der Waals surface area contributed by atoms with Gasteiger partial charge < -0.3 is 9.64 Å². The molecule has 1 saturated heterocycles. The van der Waals surface area contributed by atoms with E-state index >= 15 is 0 Å². The van der Waals surface area contributed by atoms with Gasteiger partial charge in [0.15, 0.2) is 0 Å². The van der Waals surface area contributed by atoms with Gasteiger partial charge in [-0.05, 0) is 42.7 Å². The van der Waals surface area contributed by atoms with Crippen LogP contribution in [0, 0.1) is 6.92 Å². The molecular formula is C23H31N3O4S. The summed E-state index contributed by atoms with van der Waals surface area (Å²) in [5, 5.41) is 0. The molecular weight excluding hydrogens is 414 g/mol. The normalized spacial score (nSPS) is 15.7. The largest absolute Gasteiger partial charge is 0.495 e. The average Bonchev–Trinajstić information content (AvgIpc) is 3.00. The van der Waals surface area contributed by atoms with Crippen molar-refractivity contribution in [3.63, 3.8) is 0 Å². The first-order valence-corrected chi connectivity index (χ1v) is 11.8. The fraction of sp³-hybridized carbons (Fsp3) is 0.435. The number of hydrogen-bond donors (Lipinski definition) is 0. The molecule has 0 aromatic heterocycles. The zero-order valence-corrected chi connectivity index (χ0v) is 19.5. The van der Waals surface area contributed by atoms with E-state index in [1.807, 2.05) is 11.0 Å². The molecule has 0 saturated carbocycles. The fourth-order valence-electron chi connectivity index (χ4n) is 3.75. The van der Waals surface area contributed by atoms with Gasteiger partial charge in [-0.1, -0.05) is 24.3 Å². The standard InChI is InChI=1S/C23H31N3O4S/c1-18-8-5-6-9-20(18)17-25-12-7-13-26(15-14-25)23(27)19-10-11-21(30-4)22(16-19)31(28,29)24(2)3/h5-6,8-11,16H,7,12-15,17H2,1-4H3. The molecule has 0 N–H and O–H groups in total. The van der Waals surface area contributed by atoms with Crippen LogP contribution in [-0.4, -0.2) is 75.8 Å². The van der Waals surface area contributed by atoms with Crippen LogP contribution < -0.4 is 4.74 Å². The minimum absolute atomic E-state index is 0.00171. The predicted octanol–water partition coefficient (Wildman–Crippen LogP) is 2.60. The highest BCUT2D eigenvalue weighted by Gasteiger charge is 2.26. The lowest BCUT2D eigenvalue weighted by molar-refractivity contribution is 0.0760. The quantitative estimate of drug-likeness (QED) is 0.684. The number of hydrogen-bond acceptors (Lipinski definition) is 5. The van der Waals surface area contributed by atoms with Crippen molar-refractivity contribution in [1.29, 1.82) is 0 Å². The maximum atomic E-state index is 13.2. The summed E-state index contributed by atoms with van der Waals surface area (Å²) in [7, 11) is 0.607. The first-order valence-electron chi connectivity index (χ1n) is 10.4. The monoisotopic (exact) mass is 445 g/mol. The molecule has 0 atom stereocenters. The molecule has 0 unspecified atom stereocenters. The maximum absolute atomic E-state index is 13.2.